The molecule has 2 N–H and O–H groups in total. The summed E-state index contributed by atoms with van der Waals surface area (Å²) in [7, 11) is 1.63. The highest BCUT2D eigenvalue weighted by Crippen LogP contribution is 2.28. The summed E-state index contributed by atoms with van der Waals surface area (Å²) in [6, 6.07) is 9.23. The first kappa shape index (κ1) is 10.8. The maximum absolute atomic E-state index is 6.06. The number of hydrogen-bond acceptors (Lipinski definition) is 3. The van der Waals surface area contributed by atoms with Crippen molar-refractivity contribution in [1.82, 2.24) is 4.98 Å². The molecule has 1 aromatic carbocycles. The molecule has 0 aliphatic rings. The molecule has 0 bridgehead atoms. The van der Waals surface area contributed by atoms with Crippen LogP contribution in [0.4, 0.5) is 5.69 Å². The summed E-state index contributed by atoms with van der Waals surface area (Å²) in [4.78, 5) is 4.21. The number of benzene rings is 1. The largest absolute Gasteiger partial charge is 0.497 e. The van der Waals surface area contributed by atoms with E-state index in [1.54, 1.807) is 19.4 Å². The second kappa shape index (κ2) is 4.41. The number of methoxy groups -OCH3 is 1. The van der Waals surface area contributed by atoms with E-state index in [-0.39, 0.29) is 0 Å². The zero-order valence-corrected chi connectivity index (χ0v) is 9.53. The Labute approximate surface area is 98.8 Å². The van der Waals surface area contributed by atoms with Crippen LogP contribution in [0.1, 0.15) is 0 Å². The first-order valence-corrected chi connectivity index (χ1v) is 5.14. The van der Waals surface area contributed by atoms with E-state index in [4.69, 9.17) is 22.1 Å². The molecule has 3 nitrogen and oxygen atoms in total. The van der Waals surface area contributed by atoms with Crippen molar-refractivity contribution in [3.05, 3.63) is 41.6 Å². The van der Waals surface area contributed by atoms with Crippen LogP contribution in [0.2, 0.25) is 5.02 Å². The number of aromatic nitrogens is 1. The van der Waals surface area contributed by atoms with Gasteiger partial charge in [0.15, 0.2) is 0 Å². The molecule has 1 aromatic heterocycles. The molecule has 2 aromatic rings. The van der Waals surface area contributed by atoms with E-state index < -0.39 is 0 Å². The molecule has 0 spiro atoms. The maximum Gasteiger partial charge on any atom is 0.118 e. The van der Waals surface area contributed by atoms with Gasteiger partial charge in [0.2, 0.25) is 0 Å². The Morgan fingerprint density at radius 2 is 1.94 bits per heavy atom. The van der Waals surface area contributed by atoms with Crippen molar-refractivity contribution in [3.8, 4) is 17.0 Å². The summed E-state index contributed by atoms with van der Waals surface area (Å²) in [5.74, 6) is 0.801. The van der Waals surface area contributed by atoms with Crippen molar-refractivity contribution in [3.63, 3.8) is 0 Å². The molecular formula is C12H11ClN2O. The monoisotopic (exact) mass is 234 g/mol. The summed E-state index contributed by atoms with van der Waals surface area (Å²) >= 11 is 6.06. The molecule has 0 fully saturated rings. The molecule has 82 valence electrons. The Bertz CT molecular complexity index is 497. The normalized spacial score (nSPS) is 10.1. The predicted molar refractivity (Wildman–Crippen MR) is 65.6 cm³/mol. The molecule has 0 saturated carbocycles. The van der Waals surface area contributed by atoms with E-state index in [0.29, 0.717) is 10.7 Å². The fourth-order valence-electron chi connectivity index (χ4n) is 1.41. The molecule has 0 amide bonds. The summed E-state index contributed by atoms with van der Waals surface area (Å²) in [6.45, 7) is 0. The lowest BCUT2D eigenvalue weighted by molar-refractivity contribution is 0.415. The second-order valence-corrected chi connectivity index (χ2v) is 3.73. The van der Waals surface area contributed by atoms with Crippen LogP contribution in [-0.4, -0.2) is 12.1 Å². The van der Waals surface area contributed by atoms with Crippen LogP contribution in [0, 0.1) is 0 Å². The Hall–Kier alpha value is -1.74. The zero-order valence-electron chi connectivity index (χ0n) is 8.77. The van der Waals surface area contributed by atoms with Crippen LogP contribution < -0.4 is 10.5 Å². The first-order valence-electron chi connectivity index (χ1n) is 4.76. The van der Waals surface area contributed by atoms with Crippen molar-refractivity contribution in [1.29, 1.82) is 0 Å². The third kappa shape index (κ3) is 2.09. The predicted octanol–water partition coefficient (Wildman–Crippen LogP) is 2.99. The number of halogens is 1. The van der Waals surface area contributed by atoms with Crippen molar-refractivity contribution in [2.24, 2.45) is 0 Å². The molecule has 0 atom stereocenters. The highest BCUT2D eigenvalue weighted by molar-refractivity contribution is 6.33. The standard InChI is InChI=1S/C12H11ClN2O/c1-16-10-4-2-8(3-5-10)12-11(13)6-9(14)7-15-12/h2-7H,14H2,1H3. The Kier molecular flexibility index (Phi) is 2.97. The minimum atomic E-state index is 0.546. The van der Waals surface area contributed by atoms with Crippen LogP contribution in [0.5, 0.6) is 5.75 Å². The fourth-order valence-corrected chi connectivity index (χ4v) is 1.70. The average Bonchev–Trinajstić information content (AvgIpc) is 2.29. The lowest BCUT2D eigenvalue weighted by atomic mass is 10.1. The van der Waals surface area contributed by atoms with Crippen LogP contribution in [0.3, 0.4) is 0 Å². The van der Waals surface area contributed by atoms with Crippen molar-refractivity contribution in [2.75, 3.05) is 12.8 Å². The van der Waals surface area contributed by atoms with Gasteiger partial charge in [0.25, 0.3) is 0 Å². The minimum Gasteiger partial charge on any atom is -0.497 e. The van der Waals surface area contributed by atoms with Gasteiger partial charge in [-0.05, 0) is 30.3 Å². The number of nitrogens with two attached hydrogens (primary N) is 1. The van der Waals surface area contributed by atoms with E-state index in [1.165, 1.54) is 0 Å². The van der Waals surface area contributed by atoms with Gasteiger partial charge in [-0.15, -0.1) is 0 Å². The van der Waals surface area contributed by atoms with Gasteiger partial charge < -0.3 is 10.5 Å². The number of anilines is 1. The van der Waals surface area contributed by atoms with E-state index in [1.807, 2.05) is 24.3 Å². The molecule has 2 rings (SSSR count). The molecule has 16 heavy (non-hydrogen) atoms. The molecule has 0 saturated heterocycles. The fraction of sp³-hybridized carbons (Fsp3) is 0.0833. The smallest absolute Gasteiger partial charge is 0.118 e. The zero-order chi connectivity index (χ0) is 11.5. The molecule has 0 aliphatic carbocycles. The van der Waals surface area contributed by atoms with Crippen molar-refractivity contribution < 1.29 is 4.74 Å². The van der Waals surface area contributed by atoms with Crippen molar-refractivity contribution in [2.45, 2.75) is 0 Å². The molecule has 0 aliphatic heterocycles. The summed E-state index contributed by atoms with van der Waals surface area (Å²) < 4.78 is 5.08. The minimum absolute atomic E-state index is 0.546. The van der Waals surface area contributed by atoms with E-state index >= 15 is 0 Å². The Balaban J connectivity index is 2.42. The summed E-state index contributed by atoms with van der Waals surface area (Å²) in [5, 5.41) is 0.546. The number of ether oxygens (including phenoxy) is 1. The van der Waals surface area contributed by atoms with E-state index in [2.05, 4.69) is 4.98 Å². The highest BCUT2D eigenvalue weighted by atomic mass is 35.5. The molecule has 4 heteroatoms. The topological polar surface area (TPSA) is 48.1 Å². The molecule has 1 heterocycles. The van der Waals surface area contributed by atoms with E-state index in [9.17, 15) is 0 Å². The maximum atomic E-state index is 6.06. The summed E-state index contributed by atoms with van der Waals surface area (Å²) in [5.41, 5.74) is 7.80. The molecular weight excluding hydrogens is 224 g/mol. The number of nitrogen functional groups attached to an aromatic ring is 1. The quantitative estimate of drug-likeness (QED) is 0.869. The van der Waals surface area contributed by atoms with Gasteiger partial charge in [-0.25, -0.2) is 0 Å². The van der Waals surface area contributed by atoms with Crippen molar-refractivity contribution >= 4 is 17.3 Å². The third-order valence-corrected chi connectivity index (χ3v) is 2.51. The van der Waals surface area contributed by atoms with Crippen LogP contribution in [-0.2, 0) is 0 Å². The number of nitrogens with zero attached hydrogens (tertiary/aromatic N) is 1. The highest BCUT2D eigenvalue weighted by Gasteiger charge is 2.05. The number of hydrogen-bond donors (Lipinski definition) is 1. The van der Waals surface area contributed by atoms with Gasteiger partial charge >= 0.3 is 0 Å². The van der Waals surface area contributed by atoms with Crippen LogP contribution >= 0.6 is 11.6 Å². The lowest BCUT2D eigenvalue weighted by Crippen LogP contribution is -1.90. The van der Waals surface area contributed by atoms with Gasteiger partial charge in [-0.3, -0.25) is 4.98 Å². The first-order chi connectivity index (χ1) is 7.70. The lowest BCUT2D eigenvalue weighted by Gasteiger charge is -2.05. The second-order valence-electron chi connectivity index (χ2n) is 3.33. The third-order valence-electron chi connectivity index (χ3n) is 2.23. The molecule has 0 radical (unpaired) electrons. The van der Waals surface area contributed by atoms with Gasteiger partial charge in [0.05, 0.1) is 29.7 Å². The average molecular weight is 235 g/mol. The van der Waals surface area contributed by atoms with Crippen LogP contribution in [0.15, 0.2) is 36.5 Å². The number of pyridine rings is 1. The van der Waals surface area contributed by atoms with Gasteiger partial charge in [-0.2, -0.15) is 0 Å². The summed E-state index contributed by atoms with van der Waals surface area (Å²) in [6.07, 6.45) is 1.59. The number of rotatable bonds is 2. The van der Waals surface area contributed by atoms with E-state index in [0.717, 1.165) is 17.0 Å². The SMILES string of the molecule is COc1ccc(-c2ncc(N)cc2Cl)cc1. The van der Waals surface area contributed by atoms with Gasteiger partial charge in [0.1, 0.15) is 5.75 Å². The Morgan fingerprint density at radius 3 is 2.50 bits per heavy atom. The molecule has 0 unspecified atom stereocenters. The van der Waals surface area contributed by atoms with Gasteiger partial charge in [-0.1, -0.05) is 11.6 Å². The van der Waals surface area contributed by atoms with Crippen LogP contribution in [0.25, 0.3) is 11.3 Å². The van der Waals surface area contributed by atoms with Gasteiger partial charge in [0, 0.05) is 5.56 Å². The Morgan fingerprint density at radius 1 is 1.25 bits per heavy atom.